The van der Waals surface area contributed by atoms with Gasteiger partial charge in [0.25, 0.3) is 0 Å². The Morgan fingerprint density at radius 3 is 0.846 bits per heavy atom. The first-order chi connectivity index (χ1) is 19.1. The van der Waals surface area contributed by atoms with Crippen molar-refractivity contribution in [3.63, 3.8) is 0 Å². The second kappa shape index (κ2) is 14.6. The van der Waals surface area contributed by atoms with E-state index < -0.39 is 15.8 Å². The van der Waals surface area contributed by atoms with E-state index in [4.69, 9.17) is 19.1 Å². The SMILES string of the molecule is N#CC1(P(c2ccccc2)c2ccccc2)CC1.N#CC1(P(c2ccccc2)c2ccccc2)CC1.[Cl][Pd][Cl]. The molecule has 7 heteroatoms. The van der Waals surface area contributed by atoms with Gasteiger partial charge in [0.2, 0.25) is 0 Å². The number of nitrogens with zero attached hydrogens (tertiary/aromatic N) is 2. The summed E-state index contributed by atoms with van der Waals surface area (Å²) in [5.74, 6) is 0. The summed E-state index contributed by atoms with van der Waals surface area (Å²) in [6, 6.07) is 47.2. The quantitative estimate of drug-likeness (QED) is 0.155. The number of rotatable bonds is 6. The van der Waals surface area contributed by atoms with Crippen LogP contribution in [0.4, 0.5) is 0 Å². The molecule has 0 atom stereocenters. The minimum atomic E-state index is -0.544. The van der Waals surface area contributed by atoms with Crippen molar-refractivity contribution in [2.45, 2.75) is 36.0 Å². The second-order valence-electron chi connectivity index (χ2n) is 9.34. The van der Waals surface area contributed by atoms with Crippen LogP contribution in [-0.4, -0.2) is 10.3 Å². The van der Waals surface area contributed by atoms with Gasteiger partial charge < -0.3 is 0 Å². The summed E-state index contributed by atoms with van der Waals surface area (Å²) in [5, 5.41) is 24.1. The summed E-state index contributed by atoms with van der Waals surface area (Å²) in [6.45, 7) is 0. The fraction of sp³-hybridized carbons (Fsp3) is 0.188. The summed E-state index contributed by atoms with van der Waals surface area (Å²) in [7, 11) is 8.54. The van der Waals surface area contributed by atoms with Gasteiger partial charge in [0, 0.05) is 0 Å². The monoisotopic (exact) mass is 678 g/mol. The maximum atomic E-state index is 9.52. The number of hydrogen-bond acceptors (Lipinski definition) is 2. The van der Waals surface area contributed by atoms with E-state index in [1.807, 2.05) is 24.3 Å². The van der Waals surface area contributed by atoms with Crippen molar-refractivity contribution < 1.29 is 15.9 Å². The molecular weight excluding hydrogens is 652 g/mol. The fourth-order valence-electron chi connectivity index (χ4n) is 4.60. The Morgan fingerprint density at radius 2 is 0.692 bits per heavy atom. The zero-order chi connectivity index (χ0) is 27.6. The van der Waals surface area contributed by atoms with Crippen LogP contribution in [0.1, 0.15) is 25.7 Å². The molecule has 0 amide bonds. The molecule has 2 fully saturated rings. The third kappa shape index (κ3) is 7.58. The Balaban J connectivity index is 0.000000165. The summed E-state index contributed by atoms with van der Waals surface area (Å²) in [6.07, 6.45) is 4.16. The van der Waals surface area contributed by atoms with E-state index >= 15 is 0 Å². The molecule has 0 radical (unpaired) electrons. The first kappa shape index (κ1) is 29.9. The molecular formula is C32H28Cl2N2P2Pd. The van der Waals surface area contributed by atoms with Crippen molar-refractivity contribution in [1.82, 2.24) is 0 Å². The molecule has 2 aliphatic rings. The van der Waals surface area contributed by atoms with E-state index in [1.165, 1.54) is 21.2 Å². The van der Waals surface area contributed by atoms with Crippen LogP contribution in [0.2, 0.25) is 0 Å². The van der Waals surface area contributed by atoms with Gasteiger partial charge in [-0.3, -0.25) is 0 Å². The Bertz CT molecular complexity index is 1200. The Kier molecular flexibility index (Phi) is 11.2. The molecule has 6 rings (SSSR count). The van der Waals surface area contributed by atoms with Crippen LogP contribution < -0.4 is 21.2 Å². The van der Waals surface area contributed by atoms with E-state index in [0.29, 0.717) is 0 Å². The van der Waals surface area contributed by atoms with Gasteiger partial charge in [-0.25, -0.2) is 0 Å². The first-order valence-electron chi connectivity index (χ1n) is 12.6. The summed E-state index contributed by atoms with van der Waals surface area (Å²) in [5.41, 5.74) is 0. The molecule has 0 unspecified atom stereocenters. The Labute approximate surface area is 250 Å². The fourth-order valence-corrected chi connectivity index (χ4v) is 10.4. The molecule has 2 aliphatic carbocycles. The van der Waals surface area contributed by atoms with Crippen LogP contribution in [0.3, 0.4) is 0 Å². The molecule has 2 saturated carbocycles. The third-order valence-electron chi connectivity index (χ3n) is 6.78. The molecule has 0 bridgehead atoms. The van der Waals surface area contributed by atoms with Crippen molar-refractivity contribution in [2.75, 3.05) is 0 Å². The van der Waals surface area contributed by atoms with E-state index in [0.717, 1.165) is 25.7 Å². The third-order valence-corrected chi connectivity index (χ3v) is 12.8. The average molecular weight is 680 g/mol. The molecule has 0 aromatic heterocycles. The number of hydrogen-bond donors (Lipinski definition) is 0. The first-order valence-corrected chi connectivity index (χ1v) is 19.3. The van der Waals surface area contributed by atoms with E-state index in [-0.39, 0.29) is 26.3 Å². The molecule has 4 aromatic rings. The van der Waals surface area contributed by atoms with Crippen LogP contribution in [-0.2, 0) is 15.9 Å². The van der Waals surface area contributed by atoms with Crippen LogP contribution in [0.5, 0.6) is 0 Å². The van der Waals surface area contributed by atoms with Crippen LogP contribution in [0.15, 0.2) is 121 Å². The van der Waals surface area contributed by atoms with Crippen molar-refractivity contribution >= 4 is 56.1 Å². The van der Waals surface area contributed by atoms with Gasteiger partial charge in [-0.15, -0.1) is 0 Å². The predicted molar refractivity (Wildman–Crippen MR) is 165 cm³/mol. The molecule has 0 heterocycles. The maximum absolute atomic E-state index is 9.52. The predicted octanol–water partition coefficient (Wildman–Crippen LogP) is 7.73. The summed E-state index contributed by atoms with van der Waals surface area (Å²) in [4.78, 5) is 0. The van der Waals surface area contributed by atoms with Gasteiger partial charge in [-0.05, 0) is 62.7 Å². The van der Waals surface area contributed by atoms with Gasteiger partial charge in [0.15, 0.2) is 0 Å². The molecule has 4 aromatic carbocycles. The summed E-state index contributed by atoms with van der Waals surface area (Å²) >= 11 is -0.106. The minimum absolute atomic E-state index is 0.106. The van der Waals surface area contributed by atoms with Crippen molar-refractivity contribution in [3.8, 4) is 12.1 Å². The van der Waals surface area contributed by atoms with Gasteiger partial charge in [-0.1, -0.05) is 121 Å². The van der Waals surface area contributed by atoms with Crippen molar-refractivity contribution in [1.29, 1.82) is 10.5 Å². The van der Waals surface area contributed by atoms with E-state index in [1.54, 1.807) is 0 Å². The summed E-state index contributed by atoms with van der Waals surface area (Å²) < 4.78 is 0. The molecule has 2 nitrogen and oxygen atoms in total. The standard InChI is InChI=1S/2C16H14NP.2ClH.Pd/c2*17-13-16(11-12-16)18(14-7-3-1-4-8-14)15-9-5-2-6-10-15;;;/h2*1-10H,11-12H2;2*1H;/q;;;;+2/p-2. The normalized spacial score (nSPS) is 15.5. The van der Waals surface area contributed by atoms with Gasteiger partial charge in [0.05, 0.1) is 22.5 Å². The molecule has 0 saturated heterocycles. The van der Waals surface area contributed by atoms with Crippen LogP contribution in [0, 0.1) is 22.7 Å². The Morgan fingerprint density at radius 1 is 0.487 bits per heavy atom. The second-order valence-corrected chi connectivity index (χ2v) is 16.8. The number of benzene rings is 4. The zero-order valence-corrected chi connectivity index (χ0v) is 26.1. The molecule has 200 valence electrons. The van der Waals surface area contributed by atoms with Crippen LogP contribution in [0.25, 0.3) is 0 Å². The number of nitriles is 2. The molecule has 39 heavy (non-hydrogen) atoms. The molecule has 0 aliphatic heterocycles. The topological polar surface area (TPSA) is 47.6 Å². The zero-order valence-electron chi connectivity index (χ0n) is 21.2. The van der Waals surface area contributed by atoms with E-state index in [9.17, 15) is 10.5 Å². The van der Waals surface area contributed by atoms with Crippen LogP contribution >= 0.6 is 34.9 Å². The Hall–Kier alpha value is -2.04. The average Bonchev–Trinajstić information content (AvgIpc) is 3.94. The van der Waals surface area contributed by atoms with Crippen molar-refractivity contribution in [3.05, 3.63) is 121 Å². The van der Waals surface area contributed by atoms with Gasteiger partial charge in [0.1, 0.15) is 0 Å². The molecule has 0 N–H and O–H groups in total. The van der Waals surface area contributed by atoms with E-state index in [2.05, 4.69) is 109 Å². The molecule has 0 spiro atoms. The van der Waals surface area contributed by atoms with Crippen molar-refractivity contribution in [2.24, 2.45) is 0 Å². The number of halogens is 2. The van der Waals surface area contributed by atoms with Gasteiger partial charge >= 0.3 is 35.0 Å². The van der Waals surface area contributed by atoms with Gasteiger partial charge in [-0.2, -0.15) is 10.5 Å².